The van der Waals surface area contributed by atoms with Gasteiger partial charge >= 0.3 is 0 Å². The van der Waals surface area contributed by atoms with Crippen LogP contribution in [0.3, 0.4) is 0 Å². The van der Waals surface area contributed by atoms with Gasteiger partial charge in [-0.15, -0.1) is 11.3 Å². The highest BCUT2D eigenvalue weighted by Crippen LogP contribution is 2.33. The number of carbonyl (C=O) groups excluding carboxylic acids is 3. The number of rotatable bonds is 4. The van der Waals surface area contributed by atoms with Gasteiger partial charge < -0.3 is 10.1 Å². The first kappa shape index (κ1) is 16.1. The van der Waals surface area contributed by atoms with E-state index in [9.17, 15) is 14.4 Å². The molecule has 0 saturated carbocycles. The van der Waals surface area contributed by atoms with Crippen molar-refractivity contribution in [1.82, 2.24) is 4.98 Å². The number of fused-ring (bicyclic) bond motifs is 1. The summed E-state index contributed by atoms with van der Waals surface area (Å²) in [6.45, 7) is 2.90. The van der Waals surface area contributed by atoms with Crippen LogP contribution in [0.4, 0.5) is 10.8 Å². The molecule has 124 valence electrons. The van der Waals surface area contributed by atoms with E-state index in [4.69, 9.17) is 4.74 Å². The molecule has 3 rings (SSSR count). The van der Waals surface area contributed by atoms with Crippen LogP contribution in [0, 0.1) is 0 Å². The molecule has 1 aromatic carbocycles. The molecule has 1 atom stereocenters. The summed E-state index contributed by atoms with van der Waals surface area (Å²) in [6, 6.07) is 7.06. The largest absolute Gasteiger partial charge is 0.479 e. The highest BCUT2D eigenvalue weighted by atomic mass is 32.1. The van der Waals surface area contributed by atoms with Crippen molar-refractivity contribution < 1.29 is 19.1 Å². The molecule has 0 spiro atoms. The molecule has 0 fully saturated rings. The normalized spacial score (nSPS) is 16.3. The molecule has 24 heavy (non-hydrogen) atoms. The number of Topliss-reactive ketones (excluding diaryl/α,β-unsaturated/α-hetero) is 1. The third kappa shape index (κ3) is 3.13. The standard InChI is InChI=1S/C16H15N3O4S/c1-9(20)11-8-24-16(17-11)18-14(21)7-19-12-5-3-4-6-13(12)23-10(2)15(19)22/h3-6,8,10H,7H2,1-2H3,(H,17,18,21)/t10-/m1/s1. The zero-order chi connectivity index (χ0) is 17.3. The summed E-state index contributed by atoms with van der Waals surface area (Å²) in [5, 5.41) is 4.52. The Hall–Kier alpha value is -2.74. The Balaban J connectivity index is 1.75. The molecule has 0 saturated heterocycles. The molecule has 1 aromatic heterocycles. The number of carbonyl (C=O) groups is 3. The van der Waals surface area contributed by atoms with Crippen molar-refractivity contribution >= 4 is 39.8 Å². The number of anilines is 2. The second kappa shape index (κ2) is 6.40. The summed E-state index contributed by atoms with van der Waals surface area (Å²) in [5.74, 6) is -0.285. The van der Waals surface area contributed by atoms with Crippen LogP contribution in [0.15, 0.2) is 29.6 Å². The number of ketones is 1. The summed E-state index contributed by atoms with van der Waals surface area (Å²) in [4.78, 5) is 41.3. The Bertz CT molecular complexity index is 817. The smallest absolute Gasteiger partial charge is 0.268 e. The lowest BCUT2D eigenvalue weighted by Gasteiger charge is -2.32. The van der Waals surface area contributed by atoms with Gasteiger partial charge in [0, 0.05) is 12.3 Å². The van der Waals surface area contributed by atoms with Gasteiger partial charge in [0.2, 0.25) is 5.91 Å². The zero-order valence-corrected chi connectivity index (χ0v) is 13.9. The van der Waals surface area contributed by atoms with Crippen LogP contribution < -0.4 is 15.0 Å². The zero-order valence-electron chi connectivity index (χ0n) is 13.1. The van der Waals surface area contributed by atoms with Gasteiger partial charge in [-0.3, -0.25) is 19.3 Å². The summed E-state index contributed by atoms with van der Waals surface area (Å²) < 4.78 is 5.53. The molecule has 1 aliphatic rings. The van der Waals surface area contributed by atoms with Gasteiger partial charge in [-0.25, -0.2) is 4.98 Å². The third-order valence-corrected chi connectivity index (χ3v) is 4.24. The minimum Gasteiger partial charge on any atom is -0.479 e. The SMILES string of the molecule is CC(=O)c1csc(NC(=O)CN2C(=O)[C@@H](C)Oc3ccccc32)n1. The van der Waals surface area contributed by atoms with E-state index < -0.39 is 12.0 Å². The minimum atomic E-state index is -0.656. The van der Waals surface area contributed by atoms with E-state index in [-0.39, 0.29) is 18.2 Å². The number of thiazole rings is 1. The monoisotopic (exact) mass is 345 g/mol. The van der Waals surface area contributed by atoms with Crippen LogP contribution in [-0.4, -0.2) is 35.2 Å². The van der Waals surface area contributed by atoms with Gasteiger partial charge in [-0.05, 0) is 19.1 Å². The van der Waals surface area contributed by atoms with Crippen LogP contribution in [-0.2, 0) is 9.59 Å². The molecule has 0 unspecified atom stereocenters. The molecule has 7 nitrogen and oxygen atoms in total. The highest BCUT2D eigenvalue weighted by Gasteiger charge is 2.32. The predicted molar refractivity (Wildman–Crippen MR) is 89.6 cm³/mol. The topological polar surface area (TPSA) is 88.6 Å². The third-order valence-electron chi connectivity index (χ3n) is 3.49. The first-order valence-corrected chi connectivity index (χ1v) is 8.17. The molecular formula is C16H15N3O4S. The second-order valence-corrected chi connectivity index (χ2v) is 6.15. The maximum Gasteiger partial charge on any atom is 0.268 e. The number of aromatic nitrogens is 1. The lowest BCUT2D eigenvalue weighted by atomic mass is 10.2. The molecule has 0 bridgehead atoms. The van der Waals surface area contributed by atoms with Crippen molar-refractivity contribution in [3.63, 3.8) is 0 Å². The van der Waals surface area contributed by atoms with Crippen LogP contribution in [0.1, 0.15) is 24.3 Å². The number of hydrogen-bond donors (Lipinski definition) is 1. The summed E-state index contributed by atoms with van der Waals surface area (Å²) in [6.07, 6.45) is -0.656. The molecule has 8 heteroatoms. The number of ether oxygens (including phenoxy) is 1. The molecule has 1 aliphatic heterocycles. The van der Waals surface area contributed by atoms with E-state index >= 15 is 0 Å². The van der Waals surface area contributed by atoms with Gasteiger partial charge in [-0.2, -0.15) is 0 Å². The highest BCUT2D eigenvalue weighted by molar-refractivity contribution is 7.14. The predicted octanol–water partition coefficient (Wildman–Crippen LogP) is 2.10. The number of amides is 2. The van der Waals surface area contributed by atoms with E-state index in [0.717, 1.165) is 11.3 Å². The Morgan fingerprint density at radius 2 is 2.12 bits per heavy atom. The maximum absolute atomic E-state index is 12.3. The Labute approximate surface area is 142 Å². The van der Waals surface area contributed by atoms with Crippen molar-refractivity contribution in [3.05, 3.63) is 35.3 Å². The Morgan fingerprint density at radius 1 is 1.38 bits per heavy atom. The van der Waals surface area contributed by atoms with Gasteiger partial charge in [0.1, 0.15) is 18.0 Å². The molecule has 2 amide bonds. The lowest BCUT2D eigenvalue weighted by molar-refractivity contribution is -0.127. The van der Waals surface area contributed by atoms with E-state index in [2.05, 4.69) is 10.3 Å². The summed E-state index contributed by atoms with van der Waals surface area (Å²) in [7, 11) is 0. The number of nitrogens with one attached hydrogen (secondary N) is 1. The van der Waals surface area contributed by atoms with E-state index in [1.165, 1.54) is 11.8 Å². The van der Waals surface area contributed by atoms with Gasteiger partial charge in [-0.1, -0.05) is 12.1 Å². The van der Waals surface area contributed by atoms with Crippen LogP contribution in [0.25, 0.3) is 0 Å². The molecule has 0 aliphatic carbocycles. The van der Waals surface area contributed by atoms with Gasteiger partial charge in [0.05, 0.1) is 5.69 Å². The van der Waals surface area contributed by atoms with Crippen LogP contribution in [0.5, 0.6) is 5.75 Å². The number of hydrogen-bond acceptors (Lipinski definition) is 6. The number of benzene rings is 1. The van der Waals surface area contributed by atoms with Gasteiger partial charge in [0.15, 0.2) is 17.0 Å². The van der Waals surface area contributed by atoms with Crippen molar-refractivity contribution in [2.45, 2.75) is 20.0 Å². The van der Waals surface area contributed by atoms with Crippen molar-refractivity contribution in [2.24, 2.45) is 0 Å². The van der Waals surface area contributed by atoms with Crippen molar-refractivity contribution in [2.75, 3.05) is 16.8 Å². The number of nitrogens with zero attached hydrogens (tertiary/aromatic N) is 2. The fraction of sp³-hybridized carbons (Fsp3) is 0.250. The first-order chi connectivity index (χ1) is 11.5. The quantitative estimate of drug-likeness (QED) is 0.857. The molecule has 2 aromatic rings. The fourth-order valence-corrected chi connectivity index (χ4v) is 3.08. The Kier molecular flexibility index (Phi) is 4.30. The maximum atomic E-state index is 12.3. The van der Waals surface area contributed by atoms with E-state index in [1.807, 2.05) is 0 Å². The average molecular weight is 345 g/mol. The van der Waals surface area contributed by atoms with E-state index in [1.54, 1.807) is 36.6 Å². The summed E-state index contributed by atoms with van der Waals surface area (Å²) in [5.41, 5.74) is 0.857. The molecule has 1 N–H and O–H groups in total. The van der Waals surface area contributed by atoms with Crippen LogP contribution >= 0.6 is 11.3 Å². The van der Waals surface area contributed by atoms with Gasteiger partial charge in [0.25, 0.3) is 5.91 Å². The Morgan fingerprint density at radius 3 is 2.83 bits per heavy atom. The molecule has 2 heterocycles. The van der Waals surface area contributed by atoms with Crippen molar-refractivity contribution in [1.29, 1.82) is 0 Å². The first-order valence-electron chi connectivity index (χ1n) is 7.29. The minimum absolute atomic E-state index is 0.154. The second-order valence-electron chi connectivity index (χ2n) is 5.29. The van der Waals surface area contributed by atoms with E-state index in [0.29, 0.717) is 22.3 Å². The molecular weight excluding hydrogens is 330 g/mol. The van der Waals surface area contributed by atoms with Crippen molar-refractivity contribution in [3.8, 4) is 5.75 Å². The fourth-order valence-electron chi connectivity index (χ4n) is 2.32. The lowest BCUT2D eigenvalue weighted by Crippen LogP contribution is -2.47. The van der Waals surface area contributed by atoms with Crippen LogP contribution in [0.2, 0.25) is 0 Å². The average Bonchev–Trinajstić information content (AvgIpc) is 3.00. The number of para-hydroxylation sites is 2. The molecule has 0 radical (unpaired) electrons. The summed E-state index contributed by atoms with van der Waals surface area (Å²) >= 11 is 1.16.